The van der Waals surface area contributed by atoms with Gasteiger partial charge in [-0.1, -0.05) is 11.6 Å². The molecule has 0 aliphatic rings. The summed E-state index contributed by atoms with van der Waals surface area (Å²) in [6, 6.07) is 0. The van der Waals surface area contributed by atoms with Crippen molar-refractivity contribution in [2.75, 3.05) is 0 Å². The second-order valence-corrected chi connectivity index (χ2v) is 4.70. The van der Waals surface area contributed by atoms with Crippen LogP contribution in [0.15, 0.2) is 35.6 Å². The van der Waals surface area contributed by atoms with Gasteiger partial charge < -0.3 is 8.98 Å². The molecule has 6 nitrogen and oxygen atoms in total. The molecule has 0 aliphatic heterocycles. The fourth-order valence-corrected chi connectivity index (χ4v) is 1.87. The largest absolute Gasteiger partial charge is 0.440 e. The van der Waals surface area contributed by atoms with Gasteiger partial charge in [-0.15, -0.1) is 0 Å². The summed E-state index contributed by atoms with van der Waals surface area (Å²) in [4.78, 5) is 15.1. The lowest BCUT2D eigenvalue weighted by atomic mass is 10.4. The van der Waals surface area contributed by atoms with E-state index in [1.165, 1.54) is 23.2 Å². The first-order chi connectivity index (χ1) is 10.4. The molecule has 0 atom stereocenters. The van der Waals surface area contributed by atoms with Crippen LogP contribution in [0.3, 0.4) is 0 Å². The fraction of sp³-hybridized carbons (Fsp3) is 0.167. The first kappa shape index (κ1) is 14.5. The van der Waals surface area contributed by atoms with Crippen molar-refractivity contribution in [1.29, 1.82) is 0 Å². The third kappa shape index (κ3) is 2.93. The minimum Gasteiger partial charge on any atom is -0.440 e. The van der Waals surface area contributed by atoms with Crippen molar-refractivity contribution in [2.45, 2.75) is 12.7 Å². The molecular weight excluding hydrogens is 323 g/mol. The van der Waals surface area contributed by atoms with Crippen molar-refractivity contribution in [3.63, 3.8) is 0 Å². The van der Waals surface area contributed by atoms with E-state index in [1.54, 1.807) is 0 Å². The molecule has 0 fully saturated rings. The summed E-state index contributed by atoms with van der Waals surface area (Å²) < 4.78 is 44.8. The van der Waals surface area contributed by atoms with Gasteiger partial charge in [0, 0.05) is 18.6 Å². The smallest absolute Gasteiger partial charge is 0.434 e. The van der Waals surface area contributed by atoms with Gasteiger partial charge in [-0.05, 0) is 0 Å². The molecule has 0 amide bonds. The normalized spacial score (nSPS) is 11.8. The van der Waals surface area contributed by atoms with Gasteiger partial charge in [-0.2, -0.15) is 13.2 Å². The molecule has 114 valence electrons. The molecule has 0 saturated heterocycles. The van der Waals surface area contributed by atoms with Gasteiger partial charge in [0.2, 0.25) is 0 Å². The maximum atomic E-state index is 12.8. The van der Waals surface area contributed by atoms with Crippen LogP contribution in [0.4, 0.5) is 13.2 Å². The molecule has 10 heteroatoms. The van der Waals surface area contributed by atoms with E-state index in [2.05, 4.69) is 19.9 Å². The lowest BCUT2D eigenvalue weighted by Gasteiger charge is -2.04. The average molecular weight is 330 g/mol. The van der Waals surface area contributed by atoms with E-state index < -0.39 is 11.9 Å². The van der Waals surface area contributed by atoms with Crippen LogP contribution in [0.1, 0.15) is 11.5 Å². The maximum absolute atomic E-state index is 12.8. The fourth-order valence-electron chi connectivity index (χ4n) is 1.77. The van der Waals surface area contributed by atoms with Crippen molar-refractivity contribution in [2.24, 2.45) is 0 Å². The number of rotatable bonds is 3. The number of oxazole rings is 1. The van der Waals surface area contributed by atoms with Crippen LogP contribution >= 0.6 is 11.6 Å². The highest BCUT2D eigenvalue weighted by Crippen LogP contribution is 2.31. The van der Waals surface area contributed by atoms with E-state index in [1.807, 2.05) is 0 Å². The third-order valence-corrected chi connectivity index (χ3v) is 2.90. The van der Waals surface area contributed by atoms with Gasteiger partial charge in [0.1, 0.15) is 5.82 Å². The number of halogens is 4. The molecule has 0 aromatic carbocycles. The van der Waals surface area contributed by atoms with Crippen molar-refractivity contribution in [3.05, 3.63) is 47.7 Å². The minimum absolute atomic E-state index is 0.0108. The minimum atomic E-state index is -4.57. The SMILES string of the molecule is FC(F)(F)c1cn(Cc2ncc(Cl)cn2)c(-c2cnco2)n1. The van der Waals surface area contributed by atoms with Crippen molar-refractivity contribution in [1.82, 2.24) is 24.5 Å². The molecule has 0 saturated carbocycles. The second kappa shape index (κ2) is 5.41. The Morgan fingerprint density at radius 2 is 1.91 bits per heavy atom. The average Bonchev–Trinajstić information content (AvgIpc) is 3.09. The molecule has 0 unspecified atom stereocenters. The van der Waals surface area contributed by atoms with Gasteiger partial charge >= 0.3 is 6.18 Å². The number of hydrogen-bond donors (Lipinski definition) is 0. The molecule has 0 spiro atoms. The van der Waals surface area contributed by atoms with Crippen molar-refractivity contribution >= 4 is 11.6 Å². The van der Waals surface area contributed by atoms with E-state index in [4.69, 9.17) is 16.0 Å². The lowest BCUT2D eigenvalue weighted by molar-refractivity contribution is -0.140. The van der Waals surface area contributed by atoms with E-state index in [9.17, 15) is 13.2 Å². The summed E-state index contributed by atoms with van der Waals surface area (Å²) in [5, 5.41) is 0.334. The summed E-state index contributed by atoms with van der Waals surface area (Å²) in [6.45, 7) is -0.0176. The summed E-state index contributed by atoms with van der Waals surface area (Å²) >= 11 is 5.67. The Bertz CT molecular complexity index is 767. The third-order valence-electron chi connectivity index (χ3n) is 2.71. The van der Waals surface area contributed by atoms with Gasteiger partial charge in [0.25, 0.3) is 0 Å². The van der Waals surface area contributed by atoms with Crippen molar-refractivity contribution < 1.29 is 17.6 Å². The zero-order valence-electron chi connectivity index (χ0n) is 10.8. The number of alkyl halides is 3. The van der Waals surface area contributed by atoms with Crippen LogP contribution < -0.4 is 0 Å². The number of nitrogens with zero attached hydrogens (tertiary/aromatic N) is 5. The summed E-state index contributed by atoms with van der Waals surface area (Å²) in [7, 11) is 0. The predicted molar refractivity (Wildman–Crippen MR) is 68.9 cm³/mol. The first-order valence-corrected chi connectivity index (χ1v) is 6.31. The molecule has 3 rings (SSSR count). The predicted octanol–water partition coefficient (Wildman–Crippen LogP) is 3.05. The highest BCUT2D eigenvalue weighted by Gasteiger charge is 2.35. The summed E-state index contributed by atoms with van der Waals surface area (Å²) in [5.74, 6) is 0.393. The highest BCUT2D eigenvalue weighted by atomic mass is 35.5. The Morgan fingerprint density at radius 3 is 2.50 bits per heavy atom. The molecule has 0 bridgehead atoms. The van der Waals surface area contributed by atoms with Crippen LogP contribution in [0.25, 0.3) is 11.6 Å². The molecule has 0 aliphatic carbocycles. The monoisotopic (exact) mass is 329 g/mol. The highest BCUT2D eigenvalue weighted by molar-refractivity contribution is 6.30. The first-order valence-electron chi connectivity index (χ1n) is 5.93. The molecule has 3 aromatic rings. The van der Waals surface area contributed by atoms with Gasteiger partial charge in [-0.25, -0.2) is 19.9 Å². The van der Waals surface area contributed by atoms with Gasteiger partial charge in [0.15, 0.2) is 23.7 Å². The zero-order chi connectivity index (χ0) is 15.7. The Hall–Kier alpha value is -2.42. The van der Waals surface area contributed by atoms with E-state index >= 15 is 0 Å². The molecule has 3 aromatic heterocycles. The van der Waals surface area contributed by atoms with E-state index in [-0.39, 0.29) is 24.0 Å². The maximum Gasteiger partial charge on any atom is 0.434 e. The lowest BCUT2D eigenvalue weighted by Crippen LogP contribution is -2.06. The molecule has 0 N–H and O–H groups in total. The van der Waals surface area contributed by atoms with Crippen LogP contribution in [0, 0.1) is 0 Å². The molecule has 0 radical (unpaired) electrons. The topological polar surface area (TPSA) is 69.6 Å². The molecule has 3 heterocycles. The van der Waals surface area contributed by atoms with Crippen LogP contribution in [-0.4, -0.2) is 24.5 Å². The Kier molecular flexibility index (Phi) is 3.57. The summed E-state index contributed by atoms with van der Waals surface area (Å²) in [6.07, 6.45) is 1.41. The van der Waals surface area contributed by atoms with Gasteiger partial charge in [0.05, 0.1) is 17.8 Å². The standard InChI is InChI=1S/C12H7ClF3N5O/c13-7-1-18-10(19-2-7)5-21-4-9(12(14,15)16)20-11(21)8-3-17-6-22-8/h1-4,6H,5H2. The number of imidazole rings is 1. The van der Waals surface area contributed by atoms with Crippen LogP contribution in [-0.2, 0) is 12.7 Å². The quantitative estimate of drug-likeness (QED) is 0.738. The van der Waals surface area contributed by atoms with Crippen LogP contribution in [0.5, 0.6) is 0 Å². The second-order valence-electron chi connectivity index (χ2n) is 4.26. The molecule has 22 heavy (non-hydrogen) atoms. The van der Waals surface area contributed by atoms with E-state index in [0.717, 1.165) is 12.6 Å². The van der Waals surface area contributed by atoms with Crippen molar-refractivity contribution in [3.8, 4) is 11.6 Å². The van der Waals surface area contributed by atoms with Crippen LogP contribution in [0.2, 0.25) is 5.02 Å². The van der Waals surface area contributed by atoms with E-state index in [0.29, 0.717) is 5.02 Å². The molecular formula is C12H7ClF3N5O. The number of aromatic nitrogens is 5. The zero-order valence-corrected chi connectivity index (χ0v) is 11.5. The van der Waals surface area contributed by atoms with Gasteiger partial charge in [-0.3, -0.25) is 0 Å². The Morgan fingerprint density at radius 1 is 1.18 bits per heavy atom. The summed E-state index contributed by atoms with van der Waals surface area (Å²) in [5.41, 5.74) is -1.03. The number of hydrogen-bond acceptors (Lipinski definition) is 5. The Balaban J connectivity index is 2.01. The Labute approximate surface area is 126 Å².